The number of ether oxygens (including phenoxy) is 1. The summed E-state index contributed by atoms with van der Waals surface area (Å²) in [7, 11) is 1.59. The van der Waals surface area contributed by atoms with Crippen molar-refractivity contribution in [2.75, 3.05) is 7.11 Å². The molecule has 1 aliphatic rings. The number of hydrogen-bond donors (Lipinski definition) is 1. The number of aromatic nitrogens is 2. The van der Waals surface area contributed by atoms with Crippen molar-refractivity contribution in [1.29, 1.82) is 0 Å². The van der Waals surface area contributed by atoms with E-state index < -0.39 is 5.25 Å². The molecule has 4 rings (SSSR count). The molecule has 3 aromatic rings. The average molecular weight is 480 g/mol. The fraction of sp³-hybridized carbons (Fsp3) is 0.444. The van der Waals surface area contributed by atoms with Crippen molar-refractivity contribution >= 4 is 28.6 Å². The smallest absolute Gasteiger partial charge is 0.266 e. The highest BCUT2D eigenvalue weighted by molar-refractivity contribution is 8.00. The van der Waals surface area contributed by atoms with Gasteiger partial charge in [0.25, 0.3) is 5.56 Å². The minimum Gasteiger partial charge on any atom is -0.495 e. The van der Waals surface area contributed by atoms with Gasteiger partial charge in [0.05, 0.1) is 29.0 Å². The molecule has 34 heavy (non-hydrogen) atoms. The van der Waals surface area contributed by atoms with E-state index >= 15 is 0 Å². The van der Waals surface area contributed by atoms with Gasteiger partial charge in [-0.25, -0.2) is 4.98 Å². The molecule has 0 saturated heterocycles. The molecule has 0 aliphatic heterocycles. The van der Waals surface area contributed by atoms with Crippen molar-refractivity contribution in [3.63, 3.8) is 0 Å². The van der Waals surface area contributed by atoms with Gasteiger partial charge < -0.3 is 10.1 Å². The zero-order valence-electron chi connectivity index (χ0n) is 20.5. The number of para-hydroxylation sites is 1. The van der Waals surface area contributed by atoms with Crippen LogP contribution in [0.3, 0.4) is 0 Å². The van der Waals surface area contributed by atoms with Crippen molar-refractivity contribution in [2.24, 2.45) is 11.8 Å². The Bertz CT molecular complexity index is 1260. The SMILES string of the molecule is COc1ccc(C)cc1-n1c(S[C@H](C)C(=O)N[C@@H]2CCC[C@@H](C)[C@H]2C)nc2ccccc2c1=O. The first-order valence-corrected chi connectivity index (χ1v) is 12.8. The van der Waals surface area contributed by atoms with Crippen LogP contribution in [0.4, 0.5) is 0 Å². The third kappa shape index (κ3) is 4.85. The molecule has 180 valence electrons. The second kappa shape index (κ2) is 10.2. The molecule has 4 atom stereocenters. The number of nitrogens with one attached hydrogen (secondary N) is 1. The Kier molecular flexibility index (Phi) is 7.31. The van der Waals surface area contributed by atoms with Gasteiger partial charge in [0, 0.05) is 6.04 Å². The highest BCUT2D eigenvalue weighted by Gasteiger charge is 2.30. The van der Waals surface area contributed by atoms with Crippen LogP contribution < -0.4 is 15.6 Å². The highest BCUT2D eigenvalue weighted by Crippen LogP contribution is 2.32. The van der Waals surface area contributed by atoms with E-state index in [1.54, 1.807) is 17.7 Å². The Morgan fingerprint density at radius 2 is 1.97 bits per heavy atom. The van der Waals surface area contributed by atoms with Gasteiger partial charge in [0.2, 0.25) is 5.91 Å². The summed E-state index contributed by atoms with van der Waals surface area (Å²) >= 11 is 1.30. The van der Waals surface area contributed by atoms with Gasteiger partial charge in [-0.15, -0.1) is 0 Å². The van der Waals surface area contributed by atoms with Gasteiger partial charge in [-0.05, 0) is 61.9 Å². The molecule has 6 nitrogen and oxygen atoms in total. The first kappa shape index (κ1) is 24.3. The van der Waals surface area contributed by atoms with Crippen LogP contribution in [0.1, 0.15) is 45.6 Å². The molecule has 1 saturated carbocycles. The van der Waals surface area contributed by atoms with Crippen molar-refractivity contribution in [3.8, 4) is 11.4 Å². The summed E-state index contributed by atoms with van der Waals surface area (Å²) in [5.74, 6) is 1.60. The number of thioether (sulfide) groups is 1. The fourth-order valence-electron chi connectivity index (χ4n) is 4.68. The van der Waals surface area contributed by atoms with Gasteiger partial charge in [-0.1, -0.05) is 56.7 Å². The monoisotopic (exact) mass is 479 g/mol. The summed E-state index contributed by atoms with van der Waals surface area (Å²) in [6, 6.07) is 13.2. The number of rotatable bonds is 6. The largest absolute Gasteiger partial charge is 0.495 e. The Morgan fingerprint density at radius 1 is 1.21 bits per heavy atom. The van der Waals surface area contributed by atoms with Crippen LogP contribution in [0, 0.1) is 18.8 Å². The number of aryl methyl sites for hydroxylation is 1. The quantitative estimate of drug-likeness (QED) is 0.392. The van der Waals surface area contributed by atoms with Crippen molar-refractivity contribution in [3.05, 3.63) is 58.4 Å². The van der Waals surface area contributed by atoms with Crippen LogP contribution in [0.5, 0.6) is 5.75 Å². The molecule has 0 unspecified atom stereocenters. The van der Waals surface area contributed by atoms with E-state index in [0.717, 1.165) is 18.4 Å². The Labute approximate surface area is 205 Å². The lowest BCUT2D eigenvalue weighted by Crippen LogP contribution is -2.46. The van der Waals surface area contributed by atoms with Gasteiger partial charge >= 0.3 is 0 Å². The molecule has 1 amide bonds. The molecule has 2 aromatic carbocycles. The molecule has 1 aromatic heterocycles. The molecule has 1 aliphatic carbocycles. The third-order valence-corrected chi connectivity index (χ3v) is 8.06. The number of carbonyl (C=O) groups is 1. The number of methoxy groups -OCH3 is 1. The first-order valence-electron chi connectivity index (χ1n) is 11.9. The predicted octanol–water partition coefficient (Wildman–Crippen LogP) is 5.12. The molecular weight excluding hydrogens is 446 g/mol. The van der Waals surface area contributed by atoms with Gasteiger partial charge in [0.15, 0.2) is 5.16 Å². The van der Waals surface area contributed by atoms with Crippen LogP contribution in [0.15, 0.2) is 52.4 Å². The van der Waals surface area contributed by atoms with Crippen LogP contribution in [-0.4, -0.2) is 33.9 Å². The molecule has 1 fully saturated rings. The van der Waals surface area contributed by atoms with E-state index in [9.17, 15) is 9.59 Å². The summed E-state index contributed by atoms with van der Waals surface area (Å²) in [5, 5.41) is 3.84. The maximum atomic E-state index is 13.6. The van der Waals surface area contributed by atoms with E-state index in [1.807, 2.05) is 50.2 Å². The number of benzene rings is 2. The van der Waals surface area contributed by atoms with Crippen LogP contribution >= 0.6 is 11.8 Å². The lowest BCUT2D eigenvalue weighted by atomic mass is 9.78. The summed E-state index contributed by atoms with van der Waals surface area (Å²) in [4.78, 5) is 31.6. The van der Waals surface area contributed by atoms with E-state index in [2.05, 4.69) is 19.2 Å². The van der Waals surface area contributed by atoms with E-state index in [1.165, 1.54) is 18.2 Å². The van der Waals surface area contributed by atoms with Crippen LogP contribution in [0.25, 0.3) is 16.6 Å². The molecule has 0 radical (unpaired) electrons. The van der Waals surface area contributed by atoms with Gasteiger partial charge in [0.1, 0.15) is 5.75 Å². The number of hydrogen-bond acceptors (Lipinski definition) is 5. The topological polar surface area (TPSA) is 73.2 Å². The third-order valence-electron chi connectivity index (χ3n) is 7.01. The van der Waals surface area contributed by atoms with Crippen LogP contribution in [-0.2, 0) is 4.79 Å². The van der Waals surface area contributed by atoms with Crippen molar-refractivity contribution in [2.45, 2.75) is 63.4 Å². The zero-order chi connectivity index (χ0) is 24.4. The second-order valence-electron chi connectivity index (χ2n) is 9.37. The number of nitrogens with zero attached hydrogens (tertiary/aromatic N) is 2. The zero-order valence-corrected chi connectivity index (χ0v) is 21.3. The Morgan fingerprint density at radius 3 is 2.74 bits per heavy atom. The lowest BCUT2D eigenvalue weighted by molar-refractivity contribution is -0.121. The summed E-state index contributed by atoms with van der Waals surface area (Å²) in [6.07, 6.45) is 3.36. The van der Waals surface area contributed by atoms with E-state index in [-0.39, 0.29) is 17.5 Å². The maximum absolute atomic E-state index is 13.6. The average Bonchev–Trinajstić information content (AvgIpc) is 2.82. The molecule has 0 spiro atoms. The molecule has 7 heteroatoms. The van der Waals surface area contributed by atoms with Crippen molar-refractivity contribution in [1.82, 2.24) is 14.9 Å². The predicted molar refractivity (Wildman–Crippen MR) is 138 cm³/mol. The lowest BCUT2D eigenvalue weighted by Gasteiger charge is -2.35. The van der Waals surface area contributed by atoms with Gasteiger partial charge in [-0.2, -0.15) is 0 Å². The molecule has 1 heterocycles. The summed E-state index contributed by atoms with van der Waals surface area (Å²) in [6.45, 7) is 8.32. The van der Waals surface area contributed by atoms with Crippen molar-refractivity contribution < 1.29 is 9.53 Å². The summed E-state index contributed by atoms with van der Waals surface area (Å²) < 4.78 is 7.15. The molecule has 0 bridgehead atoms. The minimum atomic E-state index is -0.417. The Balaban J connectivity index is 1.72. The number of carbonyl (C=O) groups excluding carboxylic acids is 1. The number of amides is 1. The van der Waals surface area contributed by atoms with E-state index in [0.29, 0.717) is 39.3 Å². The second-order valence-corrected chi connectivity index (χ2v) is 10.7. The Hall–Kier alpha value is -2.80. The maximum Gasteiger partial charge on any atom is 0.266 e. The minimum absolute atomic E-state index is 0.0267. The highest BCUT2D eigenvalue weighted by atomic mass is 32.2. The standard InChI is InChI=1S/C27H33N3O3S/c1-16-13-14-24(33-5)23(15-16)30-26(32)20-10-6-7-11-22(20)29-27(30)34-19(4)25(31)28-21-12-8-9-17(2)18(21)3/h6-7,10-11,13-15,17-19,21H,8-9,12H2,1-5H3,(H,28,31)/t17-,18-,19-,21-/m1/s1. The number of fused-ring (bicyclic) bond motifs is 1. The molecular formula is C27H33N3O3S. The first-order chi connectivity index (χ1) is 16.3. The fourth-order valence-corrected chi connectivity index (χ4v) is 5.61. The normalized spacial score (nSPS) is 21.3. The molecule has 1 N–H and O–H groups in total. The van der Waals surface area contributed by atoms with Crippen LogP contribution in [0.2, 0.25) is 0 Å². The summed E-state index contributed by atoms with van der Waals surface area (Å²) in [5.41, 5.74) is 2.05. The van der Waals surface area contributed by atoms with Gasteiger partial charge in [-0.3, -0.25) is 14.2 Å². The van der Waals surface area contributed by atoms with E-state index in [4.69, 9.17) is 9.72 Å².